The van der Waals surface area contributed by atoms with Crippen molar-refractivity contribution >= 4 is 17.2 Å². The first-order valence-electron chi connectivity index (χ1n) is 6.46. The number of hydrogen-bond acceptors (Lipinski definition) is 1. The van der Waals surface area contributed by atoms with Crippen LogP contribution in [0.4, 0.5) is 0 Å². The van der Waals surface area contributed by atoms with Crippen molar-refractivity contribution in [1.82, 2.24) is 4.57 Å². The van der Waals surface area contributed by atoms with E-state index in [1.54, 1.807) is 0 Å². The molecule has 3 aromatic rings. The average Bonchev–Trinajstić information content (AvgIpc) is 2.89. The van der Waals surface area contributed by atoms with E-state index in [-0.39, 0.29) is 0 Å². The van der Waals surface area contributed by atoms with Gasteiger partial charge in [0.15, 0.2) is 0 Å². The Kier molecular flexibility index (Phi) is 2.92. The summed E-state index contributed by atoms with van der Waals surface area (Å²) in [5, 5.41) is 1.25. The van der Waals surface area contributed by atoms with Crippen LogP contribution in [0.15, 0.2) is 54.7 Å². The summed E-state index contributed by atoms with van der Waals surface area (Å²) in [6.45, 7) is 3.10. The molecule has 0 bridgehead atoms. The maximum atomic E-state index is 10.9. The summed E-state index contributed by atoms with van der Waals surface area (Å²) >= 11 is 0. The predicted octanol–water partition coefficient (Wildman–Crippen LogP) is 4.14. The molecule has 0 N–H and O–H groups in total. The fourth-order valence-corrected chi connectivity index (χ4v) is 2.43. The number of aryl methyl sites for hydroxylation is 1. The van der Waals surface area contributed by atoms with Crippen molar-refractivity contribution in [3.63, 3.8) is 0 Å². The normalized spacial score (nSPS) is 10.8. The Hall–Kier alpha value is -2.35. The minimum atomic E-state index is 0.712. The number of aromatic nitrogens is 1. The summed E-state index contributed by atoms with van der Waals surface area (Å²) in [4.78, 5) is 10.9. The van der Waals surface area contributed by atoms with Crippen LogP contribution < -0.4 is 0 Å². The molecule has 0 saturated heterocycles. The average molecular weight is 249 g/mol. The topological polar surface area (TPSA) is 22.0 Å². The lowest BCUT2D eigenvalue weighted by molar-refractivity contribution is 0.112. The van der Waals surface area contributed by atoms with E-state index in [2.05, 4.69) is 42.0 Å². The highest BCUT2D eigenvalue weighted by molar-refractivity contribution is 5.86. The highest BCUT2D eigenvalue weighted by Gasteiger charge is 2.03. The monoisotopic (exact) mass is 249 g/mol. The molecule has 0 aliphatic rings. The van der Waals surface area contributed by atoms with Gasteiger partial charge in [-0.15, -0.1) is 0 Å². The number of hydrogen-bond donors (Lipinski definition) is 0. The number of carbonyl (C=O) groups excluding carboxylic acids is 1. The molecule has 0 radical (unpaired) electrons. The van der Waals surface area contributed by atoms with Gasteiger partial charge in [0.05, 0.1) is 0 Å². The second-order valence-corrected chi connectivity index (χ2v) is 4.62. The molecule has 2 heteroatoms. The van der Waals surface area contributed by atoms with E-state index in [0.717, 1.165) is 24.0 Å². The first-order chi connectivity index (χ1) is 9.31. The third kappa shape index (κ3) is 2.06. The van der Waals surface area contributed by atoms with Gasteiger partial charge in [0.1, 0.15) is 6.29 Å². The van der Waals surface area contributed by atoms with Crippen molar-refractivity contribution in [1.29, 1.82) is 0 Å². The van der Waals surface area contributed by atoms with E-state index < -0.39 is 0 Å². The number of fused-ring (bicyclic) bond motifs is 1. The molecule has 0 amide bonds. The molecule has 0 atom stereocenters. The Balaban J connectivity index is 2.16. The van der Waals surface area contributed by atoms with Gasteiger partial charge in [-0.1, -0.05) is 30.3 Å². The second kappa shape index (κ2) is 4.73. The van der Waals surface area contributed by atoms with Gasteiger partial charge in [-0.05, 0) is 41.6 Å². The smallest absolute Gasteiger partial charge is 0.150 e. The molecule has 3 rings (SSSR count). The SMILES string of the molecule is CCn1ccc2ccc(-c3cccc(C=O)c3)cc21. The molecule has 0 aliphatic carbocycles. The Bertz CT molecular complexity index is 740. The van der Waals surface area contributed by atoms with Gasteiger partial charge >= 0.3 is 0 Å². The molecule has 0 unspecified atom stereocenters. The molecular weight excluding hydrogens is 234 g/mol. The van der Waals surface area contributed by atoms with Crippen LogP contribution in [0.1, 0.15) is 17.3 Å². The lowest BCUT2D eigenvalue weighted by atomic mass is 10.0. The lowest BCUT2D eigenvalue weighted by Crippen LogP contribution is -1.91. The van der Waals surface area contributed by atoms with Crippen molar-refractivity contribution in [3.8, 4) is 11.1 Å². The zero-order valence-electron chi connectivity index (χ0n) is 10.8. The summed E-state index contributed by atoms with van der Waals surface area (Å²) in [6.07, 6.45) is 2.99. The van der Waals surface area contributed by atoms with Crippen LogP contribution in [0.3, 0.4) is 0 Å². The molecule has 0 fully saturated rings. The van der Waals surface area contributed by atoms with Crippen LogP contribution in [0.25, 0.3) is 22.0 Å². The Labute approximate surface area is 112 Å². The molecule has 2 aromatic carbocycles. The van der Waals surface area contributed by atoms with Crippen LogP contribution >= 0.6 is 0 Å². The molecule has 1 heterocycles. The number of benzene rings is 2. The number of nitrogens with zero attached hydrogens (tertiary/aromatic N) is 1. The number of aldehydes is 1. The standard InChI is InChI=1S/C17H15NO/c1-2-18-9-8-14-6-7-16(11-17(14)18)15-5-3-4-13(10-15)12-19/h3-12H,2H2,1H3. The number of rotatable bonds is 3. The molecule has 0 aliphatic heterocycles. The van der Waals surface area contributed by atoms with Gasteiger partial charge in [-0.3, -0.25) is 4.79 Å². The van der Waals surface area contributed by atoms with Crippen molar-refractivity contribution in [2.24, 2.45) is 0 Å². The Morgan fingerprint density at radius 1 is 1.05 bits per heavy atom. The molecule has 19 heavy (non-hydrogen) atoms. The highest BCUT2D eigenvalue weighted by Crippen LogP contribution is 2.25. The van der Waals surface area contributed by atoms with Gasteiger partial charge in [0.2, 0.25) is 0 Å². The van der Waals surface area contributed by atoms with Gasteiger partial charge in [0.25, 0.3) is 0 Å². The molecular formula is C17H15NO. The van der Waals surface area contributed by atoms with Crippen molar-refractivity contribution in [3.05, 3.63) is 60.3 Å². The van der Waals surface area contributed by atoms with Gasteiger partial charge < -0.3 is 4.57 Å². The van der Waals surface area contributed by atoms with E-state index in [1.807, 2.05) is 24.3 Å². The first kappa shape index (κ1) is 11.7. The third-order valence-electron chi connectivity index (χ3n) is 3.47. The van der Waals surface area contributed by atoms with Gasteiger partial charge in [0, 0.05) is 23.8 Å². The van der Waals surface area contributed by atoms with Crippen molar-refractivity contribution in [2.45, 2.75) is 13.5 Å². The maximum absolute atomic E-state index is 10.9. The van der Waals surface area contributed by atoms with E-state index in [1.165, 1.54) is 10.9 Å². The first-order valence-corrected chi connectivity index (χ1v) is 6.46. The fraction of sp³-hybridized carbons (Fsp3) is 0.118. The predicted molar refractivity (Wildman–Crippen MR) is 78.4 cm³/mol. The summed E-state index contributed by atoms with van der Waals surface area (Å²) in [7, 11) is 0. The van der Waals surface area contributed by atoms with E-state index in [0.29, 0.717) is 5.56 Å². The lowest BCUT2D eigenvalue weighted by Gasteiger charge is -2.05. The van der Waals surface area contributed by atoms with E-state index in [4.69, 9.17) is 0 Å². The maximum Gasteiger partial charge on any atom is 0.150 e. The van der Waals surface area contributed by atoms with Crippen molar-refractivity contribution < 1.29 is 4.79 Å². The van der Waals surface area contributed by atoms with Crippen LogP contribution in [-0.2, 0) is 6.54 Å². The molecule has 0 spiro atoms. The Morgan fingerprint density at radius 2 is 1.89 bits per heavy atom. The van der Waals surface area contributed by atoms with Crippen molar-refractivity contribution in [2.75, 3.05) is 0 Å². The zero-order chi connectivity index (χ0) is 13.2. The summed E-state index contributed by atoms with van der Waals surface area (Å²) < 4.78 is 2.22. The van der Waals surface area contributed by atoms with Crippen LogP contribution in [0, 0.1) is 0 Å². The number of carbonyl (C=O) groups is 1. The summed E-state index contributed by atoms with van der Waals surface area (Å²) in [5.41, 5.74) is 4.17. The molecule has 2 nitrogen and oxygen atoms in total. The van der Waals surface area contributed by atoms with Gasteiger partial charge in [-0.2, -0.15) is 0 Å². The quantitative estimate of drug-likeness (QED) is 0.639. The Morgan fingerprint density at radius 3 is 2.68 bits per heavy atom. The molecule has 0 saturated carbocycles. The summed E-state index contributed by atoms with van der Waals surface area (Å²) in [5.74, 6) is 0. The minimum absolute atomic E-state index is 0.712. The van der Waals surface area contributed by atoms with Gasteiger partial charge in [-0.25, -0.2) is 0 Å². The minimum Gasteiger partial charge on any atom is -0.348 e. The van der Waals surface area contributed by atoms with Crippen LogP contribution in [-0.4, -0.2) is 10.9 Å². The van der Waals surface area contributed by atoms with E-state index in [9.17, 15) is 4.79 Å². The van der Waals surface area contributed by atoms with Crippen LogP contribution in [0.5, 0.6) is 0 Å². The molecule has 1 aromatic heterocycles. The molecule has 94 valence electrons. The summed E-state index contributed by atoms with van der Waals surface area (Å²) in [6, 6.07) is 16.2. The fourth-order valence-electron chi connectivity index (χ4n) is 2.43. The van der Waals surface area contributed by atoms with Crippen LogP contribution in [0.2, 0.25) is 0 Å². The second-order valence-electron chi connectivity index (χ2n) is 4.62. The zero-order valence-corrected chi connectivity index (χ0v) is 10.8. The largest absolute Gasteiger partial charge is 0.348 e. The highest BCUT2D eigenvalue weighted by atomic mass is 16.1. The van der Waals surface area contributed by atoms with E-state index >= 15 is 0 Å². The third-order valence-corrected chi connectivity index (χ3v) is 3.47.